The molecule has 0 aromatic heterocycles. The molecule has 0 radical (unpaired) electrons. The fourth-order valence-corrected chi connectivity index (χ4v) is 3.32. The zero-order valence-corrected chi connectivity index (χ0v) is 14.8. The van der Waals surface area contributed by atoms with Gasteiger partial charge in [-0.25, -0.2) is 9.69 Å². The number of nitrogens with zero attached hydrogens (tertiary/aromatic N) is 1. The topological polar surface area (TPSA) is 83.9 Å². The predicted octanol–water partition coefficient (Wildman–Crippen LogP) is 3.45. The van der Waals surface area contributed by atoms with Gasteiger partial charge in [-0.05, 0) is 24.7 Å². The van der Waals surface area contributed by atoms with Crippen LogP contribution in [0.5, 0.6) is 0 Å². The number of carboxylic acids is 1. The number of cyclic esters (lactones) is 1. The highest BCUT2D eigenvalue weighted by Crippen LogP contribution is 2.40. The van der Waals surface area contributed by atoms with E-state index in [9.17, 15) is 32.7 Å². The lowest BCUT2D eigenvalue weighted by atomic mass is 9.83. The van der Waals surface area contributed by atoms with E-state index in [4.69, 9.17) is 4.74 Å². The Hall–Kier alpha value is -1.80. The molecule has 0 spiro atoms. The summed E-state index contributed by atoms with van der Waals surface area (Å²) in [5.74, 6) is -4.85. The lowest BCUT2D eigenvalue weighted by Crippen LogP contribution is -2.47. The Kier molecular flexibility index (Phi) is 6.18. The highest BCUT2D eigenvalue weighted by Gasteiger charge is 2.47. The van der Waals surface area contributed by atoms with Crippen molar-refractivity contribution in [3.8, 4) is 0 Å². The lowest BCUT2D eigenvalue weighted by Gasteiger charge is -2.30. The molecular formula is C17H24F3NO5. The van der Waals surface area contributed by atoms with Crippen LogP contribution in [0.2, 0.25) is 0 Å². The van der Waals surface area contributed by atoms with Gasteiger partial charge in [0.2, 0.25) is 5.91 Å². The maximum atomic E-state index is 12.9. The molecule has 2 aliphatic rings. The van der Waals surface area contributed by atoms with E-state index < -0.39 is 54.9 Å². The molecule has 0 bridgehead atoms. The molecule has 148 valence electrons. The Labute approximate surface area is 149 Å². The third-order valence-electron chi connectivity index (χ3n) is 5.06. The highest BCUT2D eigenvalue weighted by molar-refractivity contribution is 5.96. The number of ether oxygens (including phenoxy) is 1. The molecule has 1 aliphatic heterocycles. The number of imide groups is 1. The number of carbonyl (C=O) groups excluding carboxylic acids is 2. The minimum absolute atomic E-state index is 0.0331. The van der Waals surface area contributed by atoms with Gasteiger partial charge in [-0.15, -0.1) is 0 Å². The van der Waals surface area contributed by atoms with Crippen LogP contribution >= 0.6 is 0 Å². The summed E-state index contributed by atoms with van der Waals surface area (Å²) in [4.78, 5) is 37.4. The highest BCUT2D eigenvalue weighted by atomic mass is 19.4. The Morgan fingerprint density at radius 1 is 1.27 bits per heavy atom. The van der Waals surface area contributed by atoms with Gasteiger partial charge in [0.25, 0.3) is 0 Å². The largest absolute Gasteiger partial charge is 0.481 e. The monoisotopic (exact) mass is 379 g/mol. The van der Waals surface area contributed by atoms with Gasteiger partial charge in [0.05, 0.1) is 17.9 Å². The molecule has 2 fully saturated rings. The van der Waals surface area contributed by atoms with E-state index >= 15 is 0 Å². The van der Waals surface area contributed by atoms with Crippen molar-refractivity contribution in [1.82, 2.24) is 4.90 Å². The van der Waals surface area contributed by atoms with E-state index in [0.717, 1.165) is 17.7 Å². The van der Waals surface area contributed by atoms with E-state index in [1.807, 2.05) is 0 Å². The van der Waals surface area contributed by atoms with Gasteiger partial charge in [0.1, 0.15) is 6.61 Å². The van der Waals surface area contributed by atoms with Gasteiger partial charge < -0.3 is 9.84 Å². The number of alkyl halides is 3. The van der Waals surface area contributed by atoms with Crippen LogP contribution in [0.15, 0.2) is 0 Å². The predicted molar refractivity (Wildman–Crippen MR) is 84.1 cm³/mol. The van der Waals surface area contributed by atoms with Crippen LogP contribution in [0.25, 0.3) is 0 Å². The number of amides is 2. The first-order chi connectivity index (χ1) is 12.0. The van der Waals surface area contributed by atoms with Gasteiger partial charge in [-0.3, -0.25) is 9.59 Å². The van der Waals surface area contributed by atoms with Crippen LogP contribution in [-0.2, 0) is 14.3 Å². The van der Waals surface area contributed by atoms with Crippen LogP contribution in [0.3, 0.4) is 0 Å². The fourth-order valence-electron chi connectivity index (χ4n) is 3.32. The van der Waals surface area contributed by atoms with Crippen LogP contribution in [0.1, 0.15) is 46.0 Å². The van der Waals surface area contributed by atoms with Gasteiger partial charge in [-0.2, -0.15) is 13.2 Å². The summed E-state index contributed by atoms with van der Waals surface area (Å²) in [7, 11) is 0. The van der Waals surface area contributed by atoms with Crippen LogP contribution in [-0.4, -0.2) is 46.8 Å². The zero-order chi connectivity index (χ0) is 19.6. The Bertz CT molecular complexity index is 559. The number of hydrogen-bond acceptors (Lipinski definition) is 4. The van der Waals surface area contributed by atoms with E-state index in [-0.39, 0.29) is 24.9 Å². The second kappa shape index (κ2) is 7.84. The summed E-state index contributed by atoms with van der Waals surface area (Å²) >= 11 is 0. The maximum absolute atomic E-state index is 12.9. The molecule has 1 saturated heterocycles. The second-order valence-corrected chi connectivity index (χ2v) is 7.48. The molecule has 26 heavy (non-hydrogen) atoms. The standard InChI is InChI=1S/C17H24F3NO5/c1-9(2)13-8-26-16(25)21(13)14(22)11(5-6-17(18,19)20)12(15(23)24)7-10-3-4-10/h9-13H,3-8H2,1-2H3,(H,23,24). The molecule has 9 heteroatoms. The number of hydrogen-bond donors (Lipinski definition) is 1. The smallest absolute Gasteiger partial charge is 0.416 e. The second-order valence-electron chi connectivity index (χ2n) is 7.48. The molecule has 1 heterocycles. The SMILES string of the molecule is CC(C)C1COC(=O)N1C(=O)C(CCC(F)(F)F)C(CC1CC1)C(=O)O. The van der Waals surface area contributed by atoms with Crippen molar-refractivity contribution < 1.29 is 37.4 Å². The molecule has 3 atom stereocenters. The molecule has 0 aromatic carbocycles. The summed E-state index contributed by atoms with van der Waals surface area (Å²) < 4.78 is 43.0. The Morgan fingerprint density at radius 2 is 1.88 bits per heavy atom. The molecule has 3 unspecified atom stereocenters. The average Bonchev–Trinajstić information content (AvgIpc) is 3.24. The first kappa shape index (κ1) is 20.5. The third kappa shape index (κ3) is 5.11. The quantitative estimate of drug-likeness (QED) is 0.698. The van der Waals surface area contributed by atoms with Gasteiger partial charge in [0, 0.05) is 6.42 Å². The number of carboxylic acid groups (broad SMARTS) is 1. The van der Waals surface area contributed by atoms with E-state index in [1.165, 1.54) is 0 Å². The van der Waals surface area contributed by atoms with Crippen molar-refractivity contribution >= 4 is 18.0 Å². The van der Waals surface area contributed by atoms with Crippen molar-refractivity contribution in [3.05, 3.63) is 0 Å². The normalized spacial score (nSPS) is 23.1. The first-order valence-corrected chi connectivity index (χ1v) is 8.80. The minimum atomic E-state index is -4.51. The van der Waals surface area contributed by atoms with Gasteiger partial charge in [0.15, 0.2) is 0 Å². The molecule has 6 nitrogen and oxygen atoms in total. The van der Waals surface area contributed by atoms with Crippen LogP contribution in [0, 0.1) is 23.7 Å². The summed E-state index contributed by atoms with van der Waals surface area (Å²) in [6.45, 7) is 3.49. The van der Waals surface area contributed by atoms with E-state index in [1.54, 1.807) is 13.8 Å². The Balaban J connectivity index is 2.26. The van der Waals surface area contributed by atoms with Crippen molar-refractivity contribution in [2.75, 3.05) is 6.61 Å². The molecule has 1 saturated carbocycles. The first-order valence-electron chi connectivity index (χ1n) is 8.80. The average molecular weight is 379 g/mol. The van der Waals surface area contributed by atoms with E-state index in [2.05, 4.69) is 0 Å². The number of halogens is 3. The van der Waals surface area contributed by atoms with Crippen LogP contribution in [0.4, 0.5) is 18.0 Å². The number of carbonyl (C=O) groups is 3. The summed E-state index contributed by atoms with van der Waals surface area (Å²) in [5, 5.41) is 9.51. The van der Waals surface area contributed by atoms with Crippen LogP contribution < -0.4 is 0 Å². The van der Waals surface area contributed by atoms with E-state index in [0.29, 0.717) is 0 Å². The van der Waals surface area contributed by atoms with Gasteiger partial charge >= 0.3 is 18.2 Å². The third-order valence-corrected chi connectivity index (χ3v) is 5.06. The summed E-state index contributed by atoms with van der Waals surface area (Å²) in [6, 6.07) is -0.598. The van der Waals surface area contributed by atoms with Crippen molar-refractivity contribution in [1.29, 1.82) is 0 Å². The van der Waals surface area contributed by atoms with Crippen molar-refractivity contribution in [3.63, 3.8) is 0 Å². The summed E-state index contributed by atoms with van der Waals surface area (Å²) in [6.07, 6.45) is -5.58. The van der Waals surface area contributed by atoms with Crippen molar-refractivity contribution in [2.45, 2.75) is 58.2 Å². The van der Waals surface area contributed by atoms with Crippen molar-refractivity contribution in [2.24, 2.45) is 23.7 Å². The summed E-state index contributed by atoms with van der Waals surface area (Å²) in [5.41, 5.74) is 0. The molecule has 2 amide bonds. The molecular weight excluding hydrogens is 355 g/mol. The lowest BCUT2D eigenvalue weighted by molar-refractivity contribution is -0.156. The maximum Gasteiger partial charge on any atom is 0.416 e. The molecule has 1 N–H and O–H groups in total. The molecule has 1 aliphatic carbocycles. The number of rotatable bonds is 8. The molecule has 0 aromatic rings. The molecule has 2 rings (SSSR count). The number of aliphatic carboxylic acids is 1. The zero-order valence-electron chi connectivity index (χ0n) is 14.8. The Morgan fingerprint density at radius 3 is 2.35 bits per heavy atom. The minimum Gasteiger partial charge on any atom is -0.481 e. The van der Waals surface area contributed by atoms with Gasteiger partial charge in [-0.1, -0.05) is 26.7 Å². The fraction of sp³-hybridized carbons (Fsp3) is 0.824.